The number of likely N-dealkylation sites (tertiary alicyclic amines) is 1. The SMILES string of the molecule is CNC1CCCN(Cc2csc(CCc3ccccc3)n2)C1.Cl.Cl. The maximum atomic E-state index is 4.83. The molecule has 0 amide bonds. The van der Waals surface area contributed by atoms with E-state index in [-0.39, 0.29) is 24.8 Å². The lowest BCUT2D eigenvalue weighted by atomic mass is 10.1. The lowest BCUT2D eigenvalue weighted by Crippen LogP contribution is -2.43. The molecule has 1 unspecified atom stereocenters. The van der Waals surface area contributed by atoms with E-state index >= 15 is 0 Å². The van der Waals surface area contributed by atoms with Gasteiger partial charge in [-0.1, -0.05) is 30.3 Å². The molecule has 0 saturated carbocycles. The van der Waals surface area contributed by atoms with Gasteiger partial charge in [0, 0.05) is 30.9 Å². The van der Waals surface area contributed by atoms with Crippen LogP contribution in [0.25, 0.3) is 0 Å². The van der Waals surface area contributed by atoms with Crippen LogP contribution >= 0.6 is 36.2 Å². The second kappa shape index (κ2) is 11.1. The van der Waals surface area contributed by atoms with Crippen molar-refractivity contribution in [2.45, 2.75) is 38.3 Å². The highest BCUT2D eigenvalue weighted by Gasteiger charge is 2.19. The number of nitrogens with zero attached hydrogens (tertiary/aromatic N) is 2. The molecule has 1 aliphatic rings. The van der Waals surface area contributed by atoms with E-state index in [0.29, 0.717) is 6.04 Å². The van der Waals surface area contributed by atoms with Crippen molar-refractivity contribution in [3.63, 3.8) is 0 Å². The first kappa shape index (κ1) is 21.4. The Hall–Kier alpha value is -0.650. The zero-order valence-electron chi connectivity index (χ0n) is 14.1. The van der Waals surface area contributed by atoms with Gasteiger partial charge in [-0.15, -0.1) is 36.2 Å². The Labute approximate surface area is 161 Å². The summed E-state index contributed by atoms with van der Waals surface area (Å²) in [6.45, 7) is 3.35. The van der Waals surface area contributed by atoms with Crippen LogP contribution in [-0.4, -0.2) is 36.1 Å². The number of hydrogen-bond donors (Lipinski definition) is 1. The summed E-state index contributed by atoms with van der Waals surface area (Å²) in [4.78, 5) is 7.36. The second-order valence-corrected chi connectivity index (χ2v) is 7.02. The van der Waals surface area contributed by atoms with E-state index in [1.165, 1.54) is 35.7 Å². The van der Waals surface area contributed by atoms with Crippen molar-refractivity contribution < 1.29 is 0 Å². The van der Waals surface area contributed by atoms with Crippen LogP contribution in [0.3, 0.4) is 0 Å². The van der Waals surface area contributed by atoms with Crippen molar-refractivity contribution in [1.29, 1.82) is 0 Å². The number of halogens is 2. The normalized spacial score (nSPS) is 17.8. The van der Waals surface area contributed by atoms with E-state index in [4.69, 9.17) is 4.98 Å². The number of hydrogen-bond acceptors (Lipinski definition) is 4. The van der Waals surface area contributed by atoms with Gasteiger partial charge >= 0.3 is 0 Å². The van der Waals surface area contributed by atoms with E-state index in [1.807, 2.05) is 11.3 Å². The van der Waals surface area contributed by atoms with Crippen molar-refractivity contribution in [1.82, 2.24) is 15.2 Å². The molecule has 1 aromatic carbocycles. The van der Waals surface area contributed by atoms with Gasteiger partial charge in [-0.25, -0.2) is 4.98 Å². The molecule has 2 aromatic rings. The number of rotatable bonds is 6. The third-order valence-corrected chi connectivity index (χ3v) is 5.33. The average molecular weight is 388 g/mol. The Morgan fingerprint density at radius 2 is 2.00 bits per heavy atom. The summed E-state index contributed by atoms with van der Waals surface area (Å²) in [5.74, 6) is 0. The Morgan fingerprint density at radius 1 is 1.21 bits per heavy atom. The molecular formula is C18H27Cl2N3S. The smallest absolute Gasteiger partial charge is 0.0932 e. The van der Waals surface area contributed by atoms with Crippen LogP contribution in [0.15, 0.2) is 35.7 Å². The van der Waals surface area contributed by atoms with Crippen LogP contribution in [0.5, 0.6) is 0 Å². The molecule has 6 heteroatoms. The molecule has 134 valence electrons. The highest BCUT2D eigenvalue weighted by molar-refractivity contribution is 7.09. The minimum atomic E-state index is 0. The summed E-state index contributed by atoms with van der Waals surface area (Å²) in [5.41, 5.74) is 2.64. The van der Waals surface area contributed by atoms with E-state index in [1.54, 1.807) is 0 Å². The zero-order valence-corrected chi connectivity index (χ0v) is 16.6. The highest BCUT2D eigenvalue weighted by atomic mass is 35.5. The number of likely N-dealkylation sites (N-methyl/N-ethyl adjacent to an activating group) is 1. The van der Waals surface area contributed by atoms with Crippen molar-refractivity contribution in [2.24, 2.45) is 0 Å². The van der Waals surface area contributed by atoms with E-state index in [0.717, 1.165) is 25.9 Å². The van der Waals surface area contributed by atoms with Crippen LogP contribution in [0, 0.1) is 0 Å². The summed E-state index contributed by atoms with van der Waals surface area (Å²) >= 11 is 1.81. The molecule has 1 saturated heterocycles. The fraction of sp³-hybridized carbons (Fsp3) is 0.500. The summed E-state index contributed by atoms with van der Waals surface area (Å²) in [6, 6.07) is 11.3. The van der Waals surface area contributed by atoms with Gasteiger partial charge in [0.15, 0.2) is 0 Å². The number of thiazole rings is 1. The molecule has 1 N–H and O–H groups in total. The summed E-state index contributed by atoms with van der Waals surface area (Å²) < 4.78 is 0. The largest absolute Gasteiger partial charge is 0.316 e. The van der Waals surface area contributed by atoms with Gasteiger partial charge in [0.2, 0.25) is 0 Å². The number of piperidine rings is 1. The molecule has 3 nitrogen and oxygen atoms in total. The predicted molar refractivity (Wildman–Crippen MR) is 108 cm³/mol. The number of benzene rings is 1. The third kappa shape index (κ3) is 6.34. The van der Waals surface area contributed by atoms with Crippen molar-refractivity contribution in [2.75, 3.05) is 20.1 Å². The summed E-state index contributed by atoms with van der Waals surface area (Å²) in [6.07, 6.45) is 4.72. The minimum absolute atomic E-state index is 0. The van der Waals surface area contributed by atoms with Crippen LogP contribution < -0.4 is 5.32 Å². The van der Waals surface area contributed by atoms with Crippen molar-refractivity contribution >= 4 is 36.2 Å². The van der Waals surface area contributed by atoms with Crippen LogP contribution in [0.4, 0.5) is 0 Å². The first-order chi connectivity index (χ1) is 10.8. The first-order valence-corrected chi connectivity index (χ1v) is 9.08. The van der Waals surface area contributed by atoms with Crippen LogP contribution in [-0.2, 0) is 19.4 Å². The fourth-order valence-corrected chi connectivity index (χ4v) is 3.89. The van der Waals surface area contributed by atoms with Crippen LogP contribution in [0.1, 0.15) is 29.1 Å². The lowest BCUT2D eigenvalue weighted by molar-refractivity contribution is 0.186. The topological polar surface area (TPSA) is 28.2 Å². The molecule has 2 heterocycles. The maximum Gasteiger partial charge on any atom is 0.0932 e. The Bertz CT molecular complexity index is 577. The van der Waals surface area contributed by atoms with Gasteiger partial charge < -0.3 is 5.32 Å². The van der Waals surface area contributed by atoms with Crippen molar-refractivity contribution in [3.05, 3.63) is 52.0 Å². The van der Waals surface area contributed by atoms with Gasteiger partial charge in [0.25, 0.3) is 0 Å². The Kier molecular flexibility index (Phi) is 9.86. The lowest BCUT2D eigenvalue weighted by Gasteiger charge is -2.31. The number of nitrogens with one attached hydrogen (secondary N) is 1. The standard InChI is InChI=1S/C18H25N3S.2ClH/c1-19-16-8-5-11-21(12-16)13-17-14-22-18(20-17)10-9-15-6-3-2-4-7-15;;/h2-4,6-7,14,16,19H,5,8-13H2,1H3;2*1H. The van der Waals surface area contributed by atoms with Crippen LogP contribution in [0.2, 0.25) is 0 Å². The van der Waals surface area contributed by atoms with E-state index in [9.17, 15) is 0 Å². The van der Waals surface area contributed by atoms with Gasteiger partial charge in [-0.05, 0) is 38.4 Å². The van der Waals surface area contributed by atoms with Gasteiger partial charge in [-0.3, -0.25) is 4.90 Å². The molecule has 24 heavy (non-hydrogen) atoms. The van der Waals surface area contributed by atoms with Gasteiger partial charge in [-0.2, -0.15) is 0 Å². The highest BCUT2D eigenvalue weighted by Crippen LogP contribution is 2.17. The molecule has 1 fully saturated rings. The number of aryl methyl sites for hydroxylation is 2. The molecular weight excluding hydrogens is 361 g/mol. The summed E-state index contributed by atoms with van der Waals surface area (Å²) in [5, 5.41) is 6.91. The second-order valence-electron chi connectivity index (χ2n) is 6.08. The Morgan fingerprint density at radius 3 is 2.75 bits per heavy atom. The molecule has 0 aliphatic carbocycles. The number of aromatic nitrogens is 1. The van der Waals surface area contributed by atoms with Gasteiger partial charge in [0.05, 0.1) is 10.7 Å². The first-order valence-electron chi connectivity index (χ1n) is 8.20. The fourth-order valence-electron chi connectivity index (χ4n) is 3.10. The molecule has 0 spiro atoms. The monoisotopic (exact) mass is 387 g/mol. The van der Waals surface area contributed by atoms with E-state index in [2.05, 4.69) is 53.0 Å². The molecule has 1 atom stereocenters. The molecule has 3 rings (SSSR count). The molecule has 0 bridgehead atoms. The summed E-state index contributed by atoms with van der Waals surface area (Å²) in [7, 11) is 2.07. The van der Waals surface area contributed by atoms with E-state index < -0.39 is 0 Å². The zero-order chi connectivity index (χ0) is 15.2. The Balaban J connectivity index is 0.00000144. The third-order valence-electron chi connectivity index (χ3n) is 4.37. The van der Waals surface area contributed by atoms with Gasteiger partial charge in [0.1, 0.15) is 0 Å². The average Bonchev–Trinajstić information content (AvgIpc) is 3.01. The maximum absolute atomic E-state index is 4.83. The molecule has 1 aromatic heterocycles. The molecule has 1 aliphatic heterocycles. The van der Waals surface area contributed by atoms with Crippen molar-refractivity contribution in [3.8, 4) is 0 Å². The minimum Gasteiger partial charge on any atom is -0.316 e. The quantitative estimate of drug-likeness (QED) is 0.812. The molecule has 0 radical (unpaired) electrons. The predicted octanol–water partition coefficient (Wildman–Crippen LogP) is 3.96.